The first-order valence-electron chi connectivity index (χ1n) is 6.07. The average Bonchev–Trinajstić information content (AvgIpc) is 2.10. The Kier molecular flexibility index (Phi) is 3.08. The Hall–Kier alpha value is -1.18. The van der Waals surface area contributed by atoms with Gasteiger partial charge in [0.2, 0.25) is 11.2 Å². The molecule has 0 spiro atoms. The van der Waals surface area contributed by atoms with Crippen LogP contribution in [0, 0.1) is 11.8 Å². The van der Waals surface area contributed by atoms with Gasteiger partial charge in [0.15, 0.2) is 0 Å². The standard InChI is InChI=1S/C14H20O2/c1-9(2)7-11-5-6-13-14(16-15-13)12(11)8-10(3)4/h5-6,9-10H,7-8H2,1-4H3. The van der Waals surface area contributed by atoms with Crippen LogP contribution in [0.4, 0.5) is 0 Å². The lowest BCUT2D eigenvalue weighted by atomic mass is 9.92. The van der Waals surface area contributed by atoms with Crippen molar-refractivity contribution in [2.24, 2.45) is 11.8 Å². The van der Waals surface area contributed by atoms with Gasteiger partial charge in [-0.2, -0.15) is 0 Å². The van der Waals surface area contributed by atoms with Crippen LogP contribution in [0.1, 0.15) is 38.8 Å². The molecule has 1 aromatic heterocycles. The van der Waals surface area contributed by atoms with Crippen molar-refractivity contribution in [1.29, 1.82) is 0 Å². The molecular weight excluding hydrogens is 200 g/mol. The first kappa shape index (κ1) is 11.3. The predicted molar refractivity (Wildman–Crippen MR) is 65.6 cm³/mol. The zero-order valence-electron chi connectivity index (χ0n) is 10.5. The Bertz CT molecular complexity index is 460. The van der Waals surface area contributed by atoms with Crippen LogP contribution in [-0.2, 0) is 12.8 Å². The van der Waals surface area contributed by atoms with Crippen molar-refractivity contribution >= 4 is 11.2 Å². The van der Waals surface area contributed by atoms with Crippen LogP contribution in [0.15, 0.2) is 21.3 Å². The van der Waals surface area contributed by atoms with E-state index >= 15 is 0 Å². The number of rotatable bonds is 4. The molecule has 0 amide bonds. The monoisotopic (exact) mass is 220 g/mol. The Balaban J connectivity index is 2.38. The second-order valence-corrected chi connectivity index (χ2v) is 5.39. The first-order valence-corrected chi connectivity index (χ1v) is 6.07. The van der Waals surface area contributed by atoms with E-state index in [9.17, 15) is 0 Å². The van der Waals surface area contributed by atoms with Crippen molar-refractivity contribution in [3.63, 3.8) is 0 Å². The van der Waals surface area contributed by atoms with Crippen molar-refractivity contribution in [2.45, 2.75) is 40.5 Å². The highest BCUT2D eigenvalue weighted by atomic mass is 17.0. The van der Waals surface area contributed by atoms with Crippen LogP contribution >= 0.6 is 0 Å². The molecule has 0 radical (unpaired) electrons. The molecule has 0 saturated carbocycles. The van der Waals surface area contributed by atoms with E-state index in [-0.39, 0.29) is 0 Å². The molecule has 0 atom stereocenters. The van der Waals surface area contributed by atoms with E-state index in [4.69, 9.17) is 9.15 Å². The molecule has 2 aromatic rings. The lowest BCUT2D eigenvalue weighted by Crippen LogP contribution is -2.04. The number of hydrogen-bond acceptors (Lipinski definition) is 2. The summed E-state index contributed by atoms with van der Waals surface area (Å²) in [5.74, 6) is 1.31. The third-order valence-electron chi connectivity index (χ3n) is 2.78. The SMILES string of the molecule is CC(C)Cc1ccc2ooc2c1CC(C)C. The number of hydrogen-bond donors (Lipinski definition) is 0. The molecule has 0 fully saturated rings. The van der Waals surface area contributed by atoms with Gasteiger partial charge in [-0.25, -0.2) is 0 Å². The molecule has 0 aliphatic carbocycles. The molecule has 0 bridgehead atoms. The molecule has 0 aliphatic heterocycles. The summed E-state index contributed by atoms with van der Waals surface area (Å²) in [5.41, 5.74) is 4.60. The second kappa shape index (κ2) is 4.36. The van der Waals surface area contributed by atoms with Crippen LogP contribution in [0.5, 0.6) is 0 Å². The molecule has 2 heteroatoms. The van der Waals surface area contributed by atoms with Gasteiger partial charge in [-0.3, -0.25) is 9.15 Å². The van der Waals surface area contributed by atoms with Crippen molar-refractivity contribution in [2.75, 3.05) is 0 Å². The fraction of sp³-hybridized carbons (Fsp3) is 0.571. The van der Waals surface area contributed by atoms with Gasteiger partial charge in [0, 0.05) is 5.56 Å². The maximum absolute atomic E-state index is 5.13. The van der Waals surface area contributed by atoms with Crippen molar-refractivity contribution in [1.82, 2.24) is 0 Å². The average molecular weight is 220 g/mol. The van der Waals surface area contributed by atoms with E-state index in [2.05, 4.69) is 33.8 Å². The number of benzene rings is 1. The van der Waals surface area contributed by atoms with Crippen LogP contribution in [-0.4, -0.2) is 0 Å². The van der Waals surface area contributed by atoms with E-state index in [0.29, 0.717) is 11.8 Å². The predicted octanol–water partition coefficient (Wildman–Crippen LogP) is 4.42. The van der Waals surface area contributed by atoms with Gasteiger partial charge >= 0.3 is 0 Å². The lowest BCUT2D eigenvalue weighted by molar-refractivity contribution is 0.0578. The fourth-order valence-corrected chi connectivity index (χ4v) is 2.12. The van der Waals surface area contributed by atoms with Crippen LogP contribution in [0.3, 0.4) is 0 Å². The molecule has 0 N–H and O–H groups in total. The van der Waals surface area contributed by atoms with Gasteiger partial charge in [0.25, 0.3) is 0 Å². The Morgan fingerprint density at radius 2 is 1.62 bits per heavy atom. The van der Waals surface area contributed by atoms with Gasteiger partial charge in [-0.15, -0.1) is 0 Å². The zero-order valence-corrected chi connectivity index (χ0v) is 10.5. The first-order chi connectivity index (χ1) is 7.58. The highest BCUT2D eigenvalue weighted by Crippen LogP contribution is 2.29. The molecule has 2 rings (SSSR count). The van der Waals surface area contributed by atoms with Gasteiger partial charge in [-0.1, -0.05) is 33.8 Å². The molecular formula is C14H20O2. The van der Waals surface area contributed by atoms with Crippen LogP contribution in [0.2, 0.25) is 0 Å². The van der Waals surface area contributed by atoms with E-state index in [0.717, 1.165) is 24.0 Å². The largest absolute Gasteiger partial charge is 0.286 e. The summed E-state index contributed by atoms with van der Waals surface area (Å²) in [5, 5.41) is 0. The highest BCUT2D eigenvalue weighted by Gasteiger charge is 2.16. The van der Waals surface area contributed by atoms with Crippen molar-refractivity contribution < 1.29 is 9.15 Å². The lowest BCUT2D eigenvalue weighted by Gasteiger charge is -2.15. The maximum Gasteiger partial charge on any atom is 0.229 e. The molecule has 2 nitrogen and oxygen atoms in total. The fourth-order valence-electron chi connectivity index (χ4n) is 2.12. The highest BCUT2D eigenvalue weighted by molar-refractivity contribution is 5.76. The summed E-state index contributed by atoms with van der Waals surface area (Å²) in [4.78, 5) is 0. The maximum atomic E-state index is 5.13. The summed E-state index contributed by atoms with van der Waals surface area (Å²) in [6, 6.07) is 4.19. The summed E-state index contributed by atoms with van der Waals surface area (Å²) < 4.78 is 10.1. The van der Waals surface area contributed by atoms with E-state index in [1.807, 2.05) is 6.07 Å². The third-order valence-corrected chi connectivity index (χ3v) is 2.78. The molecule has 1 heterocycles. The summed E-state index contributed by atoms with van der Waals surface area (Å²) in [6.07, 6.45) is 2.17. The molecule has 1 aromatic carbocycles. The topological polar surface area (TPSA) is 26.3 Å². The minimum absolute atomic E-state index is 0.640. The third kappa shape index (κ3) is 2.16. The zero-order chi connectivity index (χ0) is 11.7. The summed E-state index contributed by atoms with van der Waals surface area (Å²) in [6.45, 7) is 8.96. The van der Waals surface area contributed by atoms with E-state index < -0.39 is 0 Å². The molecule has 16 heavy (non-hydrogen) atoms. The summed E-state index contributed by atoms with van der Waals surface area (Å²) in [7, 11) is 0. The van der Waals surface area contributed by atoms with Crippen molar-refractivity contribution in [3.8, 4) is 0 Å². The molecule has 0 unspecified atom stereocenters. The second-order valence-electron chi connectivity index (χ2n) is 5.39. The molecule has 0 saturated heterocycles. The molecule has 0 aliphatic rings. The van der Waals surface area contributed by atoms with Gasteiger partial charge in [0.05, 0.1) is 0 Å². The summed E-state index contributed by atoms with van der Waals surface area (Å²) >= 11 is 0. The van der Waals surface area contributed by atoms with Gasteiger partial charge in [0.1, 0.15) is 0 Å². The minimum Gasteiger partial charge on any atom is -0.286 e. The normalized spacial score (nSPS) is 12.1. The number of fused-ring (bicyclic) bond motifs is 1. The van der Waals surface area contributed by atoms with Crippen LogP contribution < -0.4 is 0 Å². The molecule has 88 valence electrons. The van der Waals surface area contributed by atoms with Crippen LogP contribution in [0.25, 0.3) is 11.2 Å². The minimum atomic E-state index is 0.640. The van der Waals surface area contributed by atoms with Crippen molar-refractivity contribution in [3.05, 3.63) is 23.3 Å². The quantitative estimate of drug-likeness (QED) is 0.713. The Morgan fingerprint density at radius 1 is 0.938 bits per heavy atom. The smallest absolute Gasteiger partial charge is 0.229 e. The Labute approximate surface area is 96.5 Å². The van der Waals surface area contributed by atoms with E-state index in [1.54, 1.807) is 0 Å². The Morgan fingerprint density at radius 3 is 2.12 bits per heavy atom. The van der Waals surface area contributed by atoms with Gasteiger partial charge < -0.3 is 0 Å². The van der Waals surface area contributed by atoms with E-state index in [1.165, 1.54) is 11.1 Å². The van der Waals surface area contributed by atoms with Gasteiger partial charge in [-0.05, 0) is 36.3 Å².